The van der Waals surface area contributed by atoms with Crippen LogP contribution in [0.3, 0.4) is 0 Å². The van der Waals surface area contributed by atoms with E-state index in [0.29, 0.717) is 27.0 Å². The molecule has 3 aromatic rings. The largest absolute Gasteiger partial charge is 0.356 e. The number of benzene rings is 2. The molecule has 0 unspecified atom stereocenters. The van der Waals surface area contributed by atoms with Crippen molar-refractivity contribution in [2.75, 3.05) is 18.9 Å². The number of amides is 2. The van der Waals surface area contributed by atoms with Crippen LogP contribution in [0.4, 0.5) is 5.69 Å². The predicted octanol–water partition coefficient (Wildman–Crippen LogP) is 3.77. The van der Waals surface area contributed by atoms with Gasteiger partial charge in [0.2, 0.25) is 11.8 Å². The lowest BCUT2D eigenvalue weighted by Crippen LogP contribution is -2.35. The number of aromatic nitrogens is 1. The van der Waals surface area contributed by atoms with E-state index in [1.807, 2.05) is 18.2 Å². The molecular weight excluding hydrogens is 377 g/mol. The average molecular weight is 392 g/mol. The summed E-state index contributed by atoms with van der Waals surface area (Å²) in [6.45, 7) is -0.102. The highest BCUT2D eigenvalue weighted by Crippen LogP contribution is 2.25. The number of carbonyl (C=O) groups excluding carboxylic acids is 2. The van der Waals surface area contributed by atoms with Crippen LogP contribution in [0.2, 0.25) is 10.0 Å². The first-order chi connectivity index (χ1) is 12.4. The molecule has 3 rings (SSSR count). The Labute approximate surface area is 159 Å². The number of rotatable bonds is 5. The van der Waals surface area contributed by atoms with E-state index in [9.17, 15) is 9.59 Å². The lowest BCUT2D eigenvalue weighted by atomic mass is 10.1. The number of likely N-dealkylation sites (N-methyl/N-ethyl adjacent to an activating group) is 1. The van der Waals surface area contributed by atoms with Crippen LogP contribution >= 0.6 is 23.2 Å². The highest BCUT2D eigenvalue weighted by molar-refractivity contribution is 6.42. The van der Waals surface area contributed by atoms with Crippen molar-refractivity contribution in [2.24, 2.45) is 0 Å². The molecular formula is C18H15Cl2N3O3. The highest BCUT2D eigenvalue weighted by Gasteiger charge is 2.17. The fourth-order valence-electron chi connectivity index (χ4n) is 2.42. The molecule has 0 saturated carbocycles. The smallest absolute Gasteiger partial charge is 0.243 e. The van der Waals surface area contributed by atoms with Gasteiger partial charge >= 0.3 is 0 Å². The maximum absolute atomic E-state index is 12.4. The summed E-state index contributed by atoms with van der Waals surface area (Å²) in [4.78, 5) is 25.8. The van der Waals surface area contributed by atoms with E-state index in [1.165, 1.54) is 4.90 Å². The molecule has 0 saturated heterocycles. The first-order valence-corrected chi connectivity index (χ1v) is 8.52. The first-order valence-electron chi connectivity index (χ1n) is 7.76. The van der Waals surface area contributed by atoms with Gasteiger partial charge < -0.3 is 14.7 Å². The van der Waals surface area contributed by atoms with Gasteiger partial charge in [-0.1, -0.05) is 40.5 Å². The number of anilines is 1. The van der Waals surface area contributed by atoms with E-state index in [4.69, 9.17) is 27.7 Å². The van der Waals surface area contributed by atoms with Crippen LogP contribution in [0, 0.1) is 0 Å². The average Bonchev–Trinajstić information content (AvgIpc) is 3.01. The Bertz CT molecular complexity index is 971. The van der Waals surface area contributed by atoms with Crippen molar-refractivity contribution in [1.29, 1.82) is 0 Å². The summed E-state index contributed by atoms with van der Waals surface area (Å²) in [5.41, 5.74) is 1.67. The van der Waals surface area contributed by atoms with Crippen molar-refractivity contribution < 1.29 is 14.1 Å². The fraction of sp³-hybridized carbons (Fsp3) is 0.167. The van der Waals surface area contributed by atoms with Gasteiger partial charge in [-0.3, -0.25) is 9.59 Å². The summed E-state index contributed by atoms with van der Waals surface area (Å²) in [7, 11) is 1.55. The summed E-state index contributed by atoms with van der Waals surface area (Å²) in [6.07, 6.45) is 0.0492. The number of nitrogens with zero attached hydrogens (tertiary/aromatic N) is 2. The molecule has 8 heteroatoms. The van der Waals surface area contributed by atoms with E-state index >= 15 is 0 Å². The van der Waals surface area contributed by atoms with Crippen molar-refractivity contribution >= 4 is 51.7 Å². The SMILES string of the molecule is CN(CC(=O)Nc1ccc(Cl)c(Cl)c1)C(=O)Cc1noc2ccccc12. The van der Waals surface area contributed by atoms with Crippen molar-refractivity contribution in [3.63, 3.8) is 0 Å². The molecule has 1 heterocycles. The Hall–Kier alpha value is -2.57. The van der Waals surface area contributed by atoms with Gasteiger partial charge in [0.15, 0.2) is 5.58 Å². The van der Waals surface area contributed by atoms with E-state index < -0.39 is 0 Å². The molecule has 2 amide bonds. The Kier molecular flexibility index (Phi) is 5.44. The first kappa shape index (κ1) is 18.2. The van der Waals surface area contributed by atoms with Gasteiger partial charge in [-0.15, -0.1) is 0 Å². The lowest BCUT2D eigenvalue weighted by Gasteiger charge is -2.16. The summed E-state index contributed by atoms with van der Waals surface area (Å²) in [6, 6.07) is 12.1. The number of nitrogens with one attached hydrogen (secondary N) is 1. The molecule has 0 spiro atoms. The molecule has 0 aliphatic rings. The number of hydrogen-bond donors (Lipinski definition) is 1. The number of hydrogen-bond acceptors (Lipinski definition) is 4. The molecule has 0 bridgehead atoms. The van der Waals surface area contributed by atoms with E-state index in [-0.39, 0.29) is 24.8 Å². The molecule has 1 aromatic heterocycles. The van der Waals surface area contributed by atoms with Crippen LogP contribution in [0.1, 0.15) is 5.69 Å². The molecule has 0 atom stereocenters. The molecule has 6 nitrogen and oxygen atoms in total. The van der Waals surface area contributed by atoms with Gasteiger partial charge in [-0.2, -0.15) is 0 Å². The Morgan fingerprint density at radius 1 is 1.15 bits per heavy atom. The third-order valence-electron chi connectivity index (χ3n) is 3.78. The van der Waals surface area contributed by atoms with Crippen LogP contribution in [0.5, 0.6) is 0 Å². The number of para-hydroxylation sites is 1. The minimum atomic E-state index is -0.343. The van der Waals surface area contributed by atoms with Gasteiger partial charge in [0.05, 0.1) is 23.0 Å². The zero-order chi connectivity index (χ0) is 18.7. The van der Waals surface area contributed by atoms with E-state index in [0.717, 1.165) is 5.39 Å². The maximum Gasteiger partial charge on any atom is 0.243 e. The third kappa shape index (κ3) is 4.15. The summed E-state index contributed by atoms with van der Waals surface area (Å²) in [5, 5.41) is 8.13. The minimum Gasteiger partial charge on any atom is -0.356 e. The number of carbonyl (C=O) groups is 2. The van der Waals surface area contributed by atoms with Crippen molar-refractivity contribution in [3.8, 4) is 0 Å². The summed E-state index contributed by atoms with van der Waals surface area (Å²) >= 11 is 11.8. The molecule has 0 fully saturated rings. The molecule has 0 aliphatic carbocycles. The normalized spacial score (nSPS) is 10.7. The quantitative estimate of drug-likeness (QED) is 0.717. The van der Waals surface area contributed by atoms with Crippen LogP contribution < -0.4 is 5.32 Å². The molecule has 1 N–H and O–H groups in total. The second kappa shape index (κ2) is 7.76. The lowest BCUT2D eigenvalue weighted by molar-refractivity contribution is -0.132. The van der Waals surface area contributed by atoms with E-state index in [1.54, 1.807) is 31.3 Å². The summed E-state index contributed by atoms with van der Waals surface area (Å²) < 4.78 is 5.19. The van der Waals surface area contributed by atoms with E-state index in [2.05, 4.69) is 10.5 Å². The second-order valence-corrected chi connectivity index (χ2v) is 6.54. The Morgan fingerprint density at radius 2 is 1.92 bits per heavy atom. The van der Waals surface area contributed by atoms with Gasteiger partial charge in [-0.25, -0.2) is 0 Å². The van der Waals surface area contributed by atoms with Crippen LogP contribution in [-0.4, -0.2) is 35.5 Å². The zero-order valence-corrected chi connectivity index (χ0v) is 15.3. The van der Waals surface area contributed by atoms with Gasteiger partial charge in [-0.05, 0) is 30.3 Å². The minimum absolute atomic E-state index is 0.0492. The Morgan fingerprint density at radius 3 is 2.69 bits per heavy atom. The van der Waals surface area contributed by atoms with Gasteiger partial charge in [0.1, 0.15) is 5.69 Å². The Balaban J connectivity index is 1.59. The van der Waals surface area contributed by atoms with Gasteiger partial charge in [0.25, 0.3) is 0 Å². The third-order valence-corrected chi connectivity index (χ3v) is 4.52. The molecule has 0 aliphatic heterocycles. The topological polar surface area (TPSA) is 75.4 Å². The molecule has 134 valence electrons. The maximum atomic E-state index is 12.4. The second-order valence-electron chi connectivity index (χ2n) is 5.73. The van der Waals surface area contributed by atoms with Crippen LogP contribution in [0.15, 0.2) is 47.0 Å². The van der Waals surface area contributed by atoms with Gasteiger partial charge in [0, 0.05) is 18.1 Å². The number of halogens is 2. The molecule has 0 radical (unpaired) electrons. The van der Waals surface area contributed by atoms with Crippen molar-refractivity contribution in [1.82, 2.24) is 10.1 Å². The zero-order valence-electron chi connectivity index (χ0n) is 13.8. The van der Waals surface area contributed by atoms with Crippen molar-refractivity contribution in [2.45, 2.75) is 6.42 Å². The van der Waals surface area contributed by atoms with Crippen molar-refractivity contribution in [3.05, 3.63) is 58.2 Å². The standard InChI is InChI=1S/C18H15Cl2N3O3/c1-23(10-17(24)21-11-6-7-13(19)14(20)8-11)18(25)9-15-12-4-2-3-5-16(12)26-22-15/h2-8H,9-10H2,1H3,(H,21,24). The summed E-state index contributed by atoms with van der Waals surface area (Å²) in [5.74, 6) is -0.586. The fourth-order valence-corrected chi connectivity index (χ4v) is 2.72. The molecule has 2 aromatic carbocycles. The predicted molar refractivity (Wildman–Crippen MR) is 100 cm³/mol. The van der Waals surface area contributed by atoms with Crippen LogP contribution in [0.25, 0.3) is 11.0 Å². The highest BCUT2D eigenvalue weighted by atomic mass is 35.5. The van der Waals surface area contributed by atoms with Crippen LogP contribution in [-0.2, 0) is 16.0 Å². The monoisotopic (exact) mass is 391 g/mol. The number of fused-ring (bicyclic) bond motifs is 1. The molecule has 26 heavy (non-hydrogen) atoms.